The summed E-state index contributed by atoms with van der Waals surface area (Å²) in [6, 6.07) is 5.23. The van der Waals surface area contributed by atoms with Crippen molar-refractivity contribution >= 4 is 34.1 Å². The first-order chi connectivity index (χ1) is 15.3. The highest BCUT2D eigenvalue weighted by Crippen LogP contribution is 2.15. The number of benzene rings is 1. The molecule has 0 aliphatic heterocycles. The van der Waals surface area contributed by atoms with E-state index in [-0.39, 0.29) is 41.8 Å². The SMILES string of the molecule is CCn1c(=O)c2cc(CC(=O)CC(C)CNC(=O)c3snnc3C)ccc2n(CC)c1=O. The summed E-state index contributed by atoms with van der Waals surface area (Å²) in [6.07, 6.45) is 0.481. The fraction of sp³-hybridized carbons (Fsp3) is 0.455. The molecule has 3 rings (SSSR count). The number of carbonyl (C=O) groups excluding carboxylic acids is 2. The molecule has 1 amide bonds. The Bertz CT molecular complexity index is 1270. The van der Waals surface area contributed by atoms with Crippen LogP contribution in [-0.4, -0.2) is 37.0 Å². The molecule has 3 aromatic rings. The molecule has 1 atom stereocenters. The molecule has 1 unspecified atom stereocenters. The van der Waals surface area contributed by atoms with Gasteiger partial charge in [-0.1, -0.05) is 17.5 Å². The molecule has 0 bridgehead atoms. The summed E-state index contributed by atoms with van der Waals surface area (Å²) in [7, 11) is 0. The summed E-state index contributed by atoms with van der Waals surface area (Å²) in [5.41, 5.74) is 1.23. The molecule has 0 aliphatic carbocycles. The van der Waals surface area contributed by atoms with E-state index in [9.17, 15) is 19.2 Å². The summed E-state index contributed by atoms with van der Waals surface area (Å²) in [5, 5.41) is 7.08. The van der Waals surface area contributed by atoms with E-state index in [2.05, 4.69) is 14.9 Å². The van der Waals surface area contributed by atoms with E-state index >= 15 is 0 Å². The summed E-state index contributed by atoms with van der Waals surface area (Å²) >= 11 is 1.04. The highest BCUT2D eigenvalue weighted by molar-refractivity contribution is 7.08. The van der Waals surface area contributed by atoms with Gasteiger partial charge in [0.15, 0.2) is 0 Å². The van der Waals surface area contributed by atoms with E-state index in [0.717, 1.165) is 17.1 Å². The van der Waals surface area contributed by atoms with Crippen molar-refractivity contribution in [1.29, 1.82) is 0 Å². The molecule has 0 aliphatic rings. The van der Waals surface area contributed by atoms with Gasteiger partial charge in [0, 0.05) is 32.5 Å². The Hall–Kier alpha value is -3.14. The van der Waals surface area contributed by atoms with Crippen molar-refractivity contribution in [3.8, 4) is 0 Å². The number of hydrogen-bond acceptors (Lipinski definition) is 7. The largest absolute Gasteiger partial charge is 0.351 e. The quantitative estimate of drug-likeness (QED) is 0.525. The second-order valence-corrected chi connectivity index (χ2v) is 8.60. The van der Waals surface area contributed by atoms with E-state index in [1.807, 2.05) is 13.8 Å². The van der Waals surface area contributed by atoms with Crippen LogP contribution in [0.4, 0.5) is 0 Å². The van der Waals surface area contributed by atoms with Crippen LogP contribution in [-0.2, 0) is 24.3 Å². The monoisotopic (exact) mass is 457 g/mol. The van der Waals surface area contributed by atoms with Gasteiger partial charge < -0.3 is 5.32 Å². The van der Waals surface area contributed by atoms with Crippen molar-refractivity contribution in [2.45, 2.75) is 53.6 Å². The Morgan fingerprint density at radius 1 is 1.16 bits per heavy atom. The van der Waals surface area contributed by atoms with Gasteiger partial charge in [0.1, 0.15) is 10.7 Å². The Labute approximate surface area is 189 Å². The zero-order valence-corrected chi connectivity index (χ0v) is 19.5. The molecule has 1 N–H and O–H groups in total. The zero-order valence-electron chi connectivity index (χ0n) is 18.7. The van der Waals surface area contributed by atoms with Crippen LogP contribution in [0.15, 0.2) is 27.8 Å². The minimum absolute atomic E-state index is 0.0152. The molecular weight excluding hydrogens is 430 g/mol. The Morgan fingerprint density at radius 2 is 1.88 bits per heavy atom. The number of rotatable bonds is 9. The van der Waals surface area contributed by atoms with Gasteiger partial charge in [0.05, 0.1) is 16.6 Å². The predicted octanol–water partition coefficient (Wildman–Crippen LogP) is 1.93. The van der Waals surface area contributed by atoms with Gasteiger partial charge in [-0.25, -0.2) is 4.79 Å². The van der Waals surface area contributed by atoms with E-state index in [0.29, 0.717) is 41.0 Å². The molecule has 2 aromatic heterocycles. The number of Topliss-reactive ketones (excluding diaryl/α,β-unsaturated/α-hetero) is 1. The lowest BCUT2D eigenvalue weighted by atomic mass is 9.99. The molecule has 2 heterocycles. The number of carbonyl (C=O) groups is 2. The van der Waals surface area contributed by atoms with Gasteiger partial charge in [-0.3, -0.25) is 23.5 Å². The van der Waals surface area contributed by atoms with Gasteiger partial charge in [0.2, 0.25) is 0 Å². The third kappa shape index (κ3) is 4.85. The molecule has 170 valence electrons. The maximum Gasteiger partial charge on any atom is 0.331 e. The second-order valence-electron chi connectivity index (χ2n) is 7.85. The highest BCUT2D eigenvalue weighted by Gasteiger charge is 2.17. The summed E-state index contributed by atoms with van der Waals surface area (Å²) < 4.78 is 6.53. The number of fused-ring (bicyclic) bond motifs is 1. The minimum Gasteiger partial charge on any atom is -0.351 e. The Morgan fingerprint density at radius 3 is 2.50 bits per heavy atom. The predicted molar refractivity (Wildman–Crippen MR) is 123 cm³/mol. The normalized spacial score (nSPS) is 12.1. The molecule has 0 spiro atoms. The van der Waals surface area contributed by atoms with Gasteiger partial charge in [-0.05, 0) is 55.9 Å². The Balaban J connectivity index is 1.69. The summed E-state index contributed by atoms with van der Waals surface area (Å²) in [5.74, 6) is -0.266. The smallest absolute Gasteiger partial charge is 0.331 e. The van der Waals surface area contributed by atoms with Crippen LogP contribution in [0.5, 0.6) is 0 Å². The van der Waals surface area contributed by atoms with Crippen molar-refractivity contribution in [2.24, 2.45) is 5.92 Å². The third-order valence-electron chi connectivity index (χ3n) is 5.37. The van der Waals surface area contributed by atoms with Gasteiger partial charge in [-0.15, -0.1) is 5.10 Å². The number of nitrogens with one attached hydrogen (secondary N) is 1. The molecule has 10 heteroatoms. The molecule has 32 heavy (non-hydrogen) atoms. The Kier molecular flexibility index (Phi) is 7.34. The molecule has 1 aromatic carbocycles. The van der Waals surface area contributed by atoms with E-state index in [1.165, 1.54) is 4.57 Å². The lowest BCUT2D eigenvalue weighted by molar-refractivity contribution is -0.119. The average Bonchev–Trinajstić information content (AvgIpc) is 3.19. The molecule has 0 saturated carbocycles. The number of aromatic nitrogens is 4. The average molecular weight is 458 g/mol. The molecule has 0 fully saturated rings. The van der Waals surface area contributed by atoms with E-state index in [1.54, 1.807) is 36.6 Å². The lowest BCUT2D eigenvalue weighted by Gasteiger charge is -2.13. The van der Waals surface area contributed by atoms with Crippen molar-refractivity contribution < 1.29 is 9.59 Å². The van der Waals surface area contributed by atoms with E-state index in [4.69, 9.17) is 0 Å². The van der Waals surface area contributed by atoms with Crippen LogP contribution in [0.1, 0.15) is 48.1 Å². The number of amides is 1. The highest BCUT2D eigenvalue weighted by atomic mass is 32.1. The third-order valence-corrected chi connectivity index (χ3v) is 6.19. The summed E-state index contributed by atoms with van der Waals surface area (Å²) in [4.78, 5) is 50.5. The number of aryl methyl sites for hydroxylation is 2. The van der Waals surface area contributed by atoms with Crippen molar-refractivity contribution in [3.05, 3.63) is 55.2 Å². The van der Waals surface area contributed by atoms with Crippen molar-refractivity contribution in [2.75, 3.05) is 6.54 Å². The van der Waals surface area contributed by atoms with Crippen LogP contribution in [0.2, 0.25) is 0 Å². The summed E-state index contributed by atoms with van der Waals surface area (Å²) in [6.45, 7) is 8.35. The minimum atomic E-state index is -0.338. The van der Waals surface area contributed by atoms with Gasteiger partial charge in [0.25, 0.3) is 11.5 Å². The number of hydrogen-bond donors (Lipinski definition) is 1. The topological polar surface area (TPSA) is 116 Å². The van der Waals surface area contributed by atoms with Gasteiger partial charge >= 0.3 is 5.69 Å². The standard InChI is InChI=1S/C22H27N5O4S/c1-5-26-18-8-7-15(11-17(18)21(30)27(6-2)22(26)31)10-16(28)9-13(3)12-23-20(29)19-14(4)24-25-32-19/h7-8,11,13H,5-6,9-10,12H2,1-4H3,(H,23,29). The fourth-order valence-electron chi connectivity index (χ4n) is 3.71. The lowest BCUT2D eigenvalue weighted by Crippen LogP contribution is -2.39. The van der Waals surface area contributed by atoms with Crippen LogP contribution >= 0.6 is 11.5 Å². The van der Waals surface area contributed by atoms with Gasteiger partial charge in [-0.2, -0.15) is 0 Å². The maximum atomic E-state index is 12.8. The van der Waals surface area contributed by atoms with Crippen LogP contribution < -0.4 is 16.6 Å². The zero-order chi connectivity index (χ0) is 23.4. The maximum absolute atomic E-state index is 12.8. The van der Waals surface area contributed by atoms with Crippen LogP contribution in [0.3, 0.4) is 0 Å². The molecule has 0 radical (unpaired) electrons. The number of nitrogens with zero attached hydrogens (tertiary/aromatic N) is 4. The molecule has 0 saturated heterocycles. The first-order valence-electron chi connectivity index (χ1n) is 10.6. The first kappa shape index (κ1) is 23.5. The van der Waals surface area contributed by atoms with Crippen LogP contribution in [0.25, 0.3) is 10.9 Å². The van der Waals surface area contributed by atoms with Crippen molar-refractivity contribution in [3.63, 3.8) is 0 Å². The molecular formula is C22H27N5O4S. The first-order valence-corrected chi connectivity index (χ1v) is 11.4. The number of ketones is 1. The molecule has 9 nitrogen and oxygen atoms in total. The fourth-order valence-corrected chi connectivity index (χ4v) is 4.29. The van der Waals surface area contributed by atoms with Crippen molar-refractivity contribution in [1.82, 2.24) is 24.0 Å². The van der Waals surface area contributed by atoms with Crippen LogP contribution in [0, 0.1) is 12.8 Å². The second kappa shape index (κ2) is 9.99. The van der Waals surface area contributed by atoms with E-state index < -0.39 is 0 Å².